The summed E-state index contributed by atoms with van der Waals surface area (Å²) in [5, 5.41) is 12.5. The molecule has 4 nitrogen and oxygen atoms in total. The first-order valence-electron chi connectivity index (χ1n) is 4.88. The van der Waals surface area contributed by atoms with Crippen LogP contribution in [0.4, 0.5) is 4.39 Å². The Kier molecular flexibility index (Phi) is 4.52. The highest BCUT2D eigenvalue weighted by Gasteiger charge is 2.16. The van der Waals surface area contributed by atoms with Crippen LogP contribution >= 0.6 is 0 Å². The lowest BCUT2D eigenvalue weighted by molar-refractivity contribution is 0.172. The fraction of sp³-hybridized carbons (Fsp3) is 0.455. The number of methoxy groups -OCH3 is 2. The summed E-state index contributed by atoms with van der Waals surface area (Å²) in [6.07, 6.45) is -0.912. The highest BCUT2D eigenvalue weighted by atomic mass is 19.1. The van der Waals surface area contributed by atoms with E-state index in [1.54, 1.807) is 7.05 Å². The summed E-state index contributed by atoms with van der Waals surface area (Å²) in [7, 11) is 4.58. The Labute approximate surface area is 94.0 Å². The molecule has 0 fully saturated rings. The van der Waals surface area contributed by atoms with E-state index in [9.17, 15) is 9.50 Å². The van der Waals surface area contributed by atoms with Crippen molar-refractivity contribution in [2.24, 2.45) is 0 Å². The van der Waals surface area contributed by atoms with Crippen LogP contribution in [-0.2, 0) is 0 Å². The van der Waals surface area contributed by atoms with Gasteiger partial charge in [-0.1, -0.05) is 0 Å². The van der Waals surface area contributed by atoms with E-state index in [0.29, 0.717) is 11.5 Å². The predicted molar refractivity (Wildman–Crippen MR) is 58.4 cm³/mol. The molecule has 0 amide bonds. The molecule has 0 saturated heterocycles. The van der Waals surface area contributed by atoms with E-state index >= 15 is 0 Å². The van der Waals surface area contributed by atoms with Gasteiger partial charge in [0.1, 0.15) is 5.82 Å². The van der Waals surface area contributed by atoms with Crippen LogP contribution in [-0.4, -0.2) is 32.9 Å². The van der Waals surface area contributed by atoms with Crippen molar-refractivity contribution in [2.75, 3.05) is 27.8 Å². The molecule has 1 unspecified atom stereocenters. The van der Waals surface area contributed by atoms with Crippen molar-refractivity contribution in [3.8, 4) is 11.5 Å². The Balaban J connectivity index is 3.10. The molecule has 1 rings (SSSR count). The number of aliphatic hydroxyl groups is 1. The standard InChI is InChI=1S/C11H16FNO3/c1-13-6-9(14)7-4-10(15-2)11(16-3)5-8(7)12/h4-5,9,13-14H,6H2,1-3H3. The van der Waals surface area contributed by atoms with E-state index < -0.39 is 11.9 Å². The van der Waals surface area contributed by atoms with Gasteiger partial charge in [0.25, 0.3) is 0 Å². The van der Waals surface area contributed by atoms with Crippen molar-refractivity contribution < 1.29 is 19.0 Å². The smallest absolute Gasteiger partial charge is 0.163 e. The number of halogens is 1. The SMILES string of the molecule is CNCC(O)c1cc(OC)c(OC)cc1F. The molecule has 0 aromatic heterocycles. The van der Waals surface area contributed by atoms with Gasteiger partial charge in [0.2, 0.25) is 0 Å². The first-order chi connectivity index (χ1) is 7.63. The first-order valence-corrected chi connectivity index (χ1v) is 4.88. The molecular weight excluding hydrogens is 213 g/mol. The Bertz CT molecular complexity index is 357. The number of hydrogen-bond donors (Lipinski definition) is 2. The summed E-state index contributed by atoms with van der Waals surface area (Å²) in [5.41, 5.74) is 0.187. The fourth-order valence-corrected chi connectivity index (χ4v) is 1.43. The maximum atomic E-state index is 13.6. The minimum atomic E-state index is -0.912. The molecule has 2 N–H and O–H groups in total. The third-order valence-electron chi connectivity index (χ3n) is 2.26. The third kappa shape index (κ3) is 2.62. The number of likely N-dealkylation sites (N-methyl/N-ethyl adjacent to an activating group) is 1. The maximum absolute atomic E-state index is 13.6. The maximum Gasteiger partial charge on any atom is 0.163 e. The van der Waals surface area contributed by atoms with Crippen molar-refractivity contribution in [3.63, 3.8) is 0 Å². The van der Waals surface area contributed by atoms with Crippen LogP contribution in [0.25, 0.3) is 0 Å². The molecule has 0 aliphatic heterocycles. The summed E-state index contributed by atoms with van der Waals surface area (Å²) in [6.45, 7) is 0.270. The van der Waals surface area contributed by atoms with Crippen LogP contribution in [0.3, 0.4) is 0 Å². The van der Waals surface area contributed by atoms with Gasteiger partial charge in [-0.05, 0) is 13.1 Å². The van der Waals surface area contributed by atoms with E-state index in [1.165, 1.54) is 26.4 Å². The normalized spacial score (nSPS) is 12.3. The van der Waals surface area contributed by atoms with Crippen molar-refractivity contribution in [3.05, 3.63) is 23.5 Å². The van der Waals surface area contributed by atoms with Gasteiger partial charge in [0, 0.05) is 18.2 Å². The van der Waals surface area contributed by atoms with E-state index in [0.717, 1.165) is 0 Å². The summed E-state index contributed by atoms with van der Waals surface area (Å²) in [6, 6.07) is 2.64. The summed E-state index contributed by atoms with van der Waals surface area (Å²) < 4.78 is 23.6. The Morgan fingerprint density at radius 1 is 1.31 bits per heavy atom. The molecular formula is C11H16FNO3. The molecule has 0 spiro atoms. The Morgan fingerprint density at radius 3 is 2.38 bits per heavy atom. The first kappa shape index (κ1) is 12.7. The predicted octanol–water partition coefficient (Wildman–Crippen LogP) is 1.10. The molecule has 90 valence electrons. The highest BCUT2D eigenvalue weighted by molar-refractivity contribution is 5.44. The minimum absolute atomic E-state index is 0.187. The minimum Gasteiger partial charge on any atom is -0.493 e. The van der Waals surface area contributed by atoms with Gasteiger partial charge < -0.3 is 19.9 Å². The summed E-state index contributed by atoms with van der Waals surface area (Å²) in [5.74, 6) is 0.190. The Hall–Kier alpha value is -1.33. The van der Waals surface area contributed by atoms with Crippen LogP contribution in [0.2, 0.25) is 0 Å². The molecule has 0 heterocycles. The fourth-order valence-electron chi connectivity index (χ4n) is 1.43. The largest absolute Gasteiger partial charge is 0.493 e. The molecule has 0 aliphatic carbocycles. The van der Waals surface area contributed by atoms with Crippen LogP contribution in [0.1, 0.15) is 11.7 Å². The van der Waals surface area contributed by atoms with Gasteiger partial charge in [-0.3, -0.25) is 0 Å². The number of aliphatic hydroxyl groups excluding tert-OH is 1. The summed E-state index contributed by atoms with van der Waals surface area (Å²) in [4.78, 5) is 0. The molecule has 16 heavy (non-hydrogen) atoms. The van der Waals surface area contributed by atoms with Crippen LogP contribution in [0.5, 0.6) is 11.5 Å². The topological polar surface area (TPSA) is 50.7 Å². The zero-order valence-electron chi connectivity index (χ0n) is 9.58. The van der Waals surface area contributed by atoms with Gasteiger partial charge >= 0.3 is 0 Å². The Morgan fingerprint density at radius 2 is 1.88 bits per heavy atom. The lowest BCUT2D eigenvalue weighted by atomic mass is 10.1. The van der Waals surface area contributed by atoms with E-state index in [1.807, 2.05) is 0 Å². The van der Waals surface area contributed by atoms with Gasteiger partial charge in [0.05, 0.1) is 20.3 Å². The molecule has 0 aliphatic rings. The third-order valence-corrected chi connectivity index (χ3v) is 2.26. The molecule has 1 aromatic rings. The molecule has 0 radical (unpaired) electrons. The van der Waals surface area contributed by atoms with Gasteiger partial charge in [-0.2, -0.15) is 0 Å². The highest BCUT2D eigenvalue weighted by Crippen LogP contribution is 2.32. The zero-order chi connectivity index (χ0) is 12.1. The number of hydrogen-bond acceptors (Lipinski definition) is 4. The van der Waals surface area contributed by atoms with Crippen molar-refractivity contribution >= 4 is 0 Å². The molecule has 1 aromatic carbocycles. The second-order valence-electron chi connectivity index (χ2n) is 3.30. The second-order valence-corrected chi connectivity index (χ2v) is 3.30. The number of rotatable bonds is 5. The second kappa shape index (κ2) is 5.67. The van der Waals surface area contributed by atoms with Crippen LogP contribution in [0.15, 0.2) is 12.1 Å². The van der Waals surface area contributed by atoms with E-state index in [-0.39, 0.29) is 12.1 Å². The number of ether oxygens (including phenoxy) is 2. The lowest BCUT2D eigenvalue weighted by Gasteiger charge is -2.14. The van der Waals surface area contributed by atoms with Crippen LogP contribution in [0, 0.1) is 5.82 Å². The molecule has 0 bridgehead atoms. The lowest BCUT2D eigenvalue weighted by Crippen LogP contribution is -2.17. The van der Waals surface area contributed by atoms with Gasteiger partial charge in [0.15, 0.2) is 11.5 Å². The van der Waals surface area contributed by atoms with Crippen molar-refractivity contribution in [1.82, 2.24) is 5.32 Å². The number of benzene rings is 1. The quantitative estimate of drug-likeness (QED) is 0.793. The molecule has 5 heteroatoms. The van der Waals surface area contributed by atoms with E-state index in [2.05, 4.69) is 5.32 Å². The van der Waals surface area contributed by atoms with Gasteiger partial charge in [-0.25, -0.2) is 4.39 Å². The average molecular weight is 229 g/mol. The van der Waals surface area contributed by atoms with Gasteiger partial charge in [-0.15, -0.1) is 0 Å². The van der Waals surface area contributed by atoms with Crippen LogP contribution < -0.4 is 14.8 Å². The van der Waals surface area contributed by atoms with E-state index in [4.69, 9.17) is 9.47 Å². The zero-order valence-corrected chi connectivity index (χ0v) is 9.58. The van der Waals surface area contributed by atoms with Crippen molar-refractivity contribution in [2.45, 2.75) is 6.10 Å². The summed E-state index contributed by atoms with van der Waals surface area (Å²) >= 11 is 0. The monoisotopic (exact) mass is 229 g/mol. The number of nitrogens with one attached hydrogen (secondary N) is 1. The molecule has 0 saturated carbocycles. The molecule has 1 atom stereocenters. The average Bonchev–Trinajstić information content (AvgIpc) is 2.28. The van der Waals surface area contributed by atoms with Crippen molar-refractivity contribution in [1.29, 1.82) is 0 Å².